The SMILES string of the molecule is ClCCOCCSc1nc2cc(Cl)ccc2s1. The highest BCUT2D eigenvalue weighted by Gasteiger charge is 2.04. The molecule has 0 aliphatic carbocycles. The number of rotatable bonds is 6. The van der Waals surface area contributed by atoms with Gasteiger partial charge in [0.05, 0.1) is 23.4 Å². The summed E-state index contributed by atoms with van der Waals surface area (Å²) < 4.78 is 7.52. The fraction of sp³-hybridized carbons (Fsp3) is 0.364. The van der Waals surface area contributed by atoms with E-state index in [1.807, 2.05) is 18.2 Å². The molecule has 1 aromatic carbocycles. The van der Waals surface area contributed by atoms with Gasteiger partial charge in [-0.15, -0.1) is 22.9 Å². The van der Waals surface area contributed by atoms with Crippen LogP contribution in [0.25, 0.3) is 10.2 Å². The third-order valence-electron chi connectivity index (χ3n) is 2.00. The zero-order chi connectivity index (χ0) is 12.1. The molecule has 0 fully saturated rings. The summed E-state index contributed by atoms with van der Waals surface area (Å²) >= 11 is 14.8. The van der Waals surface area contributed by atoms with E-state index in [1.54, 1.807) is 23.1 Å². The lowest BCUT2D eigenvalue weighted by atomic mass is 10.3. The highest BCUT2D eigenvalue weighted by atomic mass is 35.5. The van der Waals surface area contributed by atoms with Gasteiger partial charge in [-0.25, -0.2) is 4.98 Å². The highest BCUT2D eigenvalue weighted by molar-refractivity contribution is 8.01. The Morgan fingerprint density at radius 2 is 2.24 bits per heavy atom. The highest BCUT2D eigenvalue weighted by Crippen LogP contribution is 2.30. The van der Waals surface area contributed by atoms with Gasteiger partial charge in [-0.05, 0) is 18.2 Å². The number of ether oxygens (including phenoxy) is 1. The molecule has 2 rings (SSSR count). The minimum Gasteiger partial charge on any atom is -0.379 e. The van der Waals surface area contributed by atoms with E-state index in [1.165, 1.54) is 4.70 Å². The van der Waals surface area contributed by atoms with Gasteiger partial charge in [0.15, 0.2) is 4.34 Å². The Kier molecular flexibility index (Phi) is 5.38. The Morgan fingerprint density at radius 3 is 3.06 bits per heavy atom. The third kappa shape index (κ3) is 4.00. The first-order valence-corrected chi connectivity index (χ1v) is 7.83. The van der Waals surface area contributed by atoms with Crippen molar-refractivity contribution in [3.63, 3.8) is 0 Å². The van der Waals surface area contributed by atoms with Crippen molar-refractivity contribution >= 4 is 56.5 Å². The summed E-state index contributed by atoms with van der Waals surface area (Å²) in [6, 6.07) is 5.78. The van der Waals surface area contributed by atoms with Crippen LogP contribution in [-0.4, -0.2) is 29.8 Å². The second-order valence-electron chi connectivity index (χ2n) is 3.24. The summed E-state index contributed by atoms with van der Waals surface area (Å²) in [5.74, 6) is 1.44. The third-order valence-corrected chi connectivity index (χ3v) is 4.54. The first-order valence-electron chi connectivity index (χ1n) is 5.12. The second-order valence-corrected chi connectivity index (χ2v) is 6.43. The number of thioether (sulfide) groups is 1. The topological polar surface area (TPSA) is 22.1 Å². The van der Waals surface area contributed by atoms with Gasteiger partial charge >= 0.3 is 0 Å². The minimum absolute atomic E-state index is 0.546. The standard InChI is InChI=1S/C11H11Cl2NOS2/c12-3-4-15-5-6-16-11-14-9-7-8(13)1-2-10(9)17-11/h1-2,7H,3-6H2. The second kappa shape index (κ2) is 6.81. The van der Waals surface area contributed by atoms with Crippen LogP contribution >= 0.6 is 46.3 Å². The molecule has 0 saturated carbocycles. The van der Waals surface area contributed by atoms with Gasteiger partial charge in [0.2, 0.25) is 0 Å². The normalized spacial score (nSPS) is 11.2. The first-order chi connectivity index (χ1) is 8.29. The zero-order valence-corrected chi connectivity index (χ0v) is 12.1. The van der Waals surface area contributed by atoms with Crippen molar-refractivity contribution in [2.75, 3.05) is 24.8 Å². The van der Waals surface area contributed by atoms with Crippen LogP contribution in [0.2, 0.25) is 5.02 Å². The lowest BCUT2D eigenvalue weighted by molar-refractivity contribution is 0.166. The molecule has 0 unspecified atom stereocenters. The lowest BCUT2D eigenvalue weighted by Crippen LogP contribution is -1.99. The summed E-state index contributed by atoms with van der Waals surface area (Å²) in [6.45, 7) is 1.31. The van der Waals surface area contributed by atoms with Crippen molar-refractivity contribution in [1.29, 1.82) is 0 Å². The molecular weight excluding hydrogens is 297 g/mol. The van der Waals surface area contributed by atoms with Gasteiger partial charge in [-0.3, -0.25) is 0 Å². The Balaban J connectivity index is 1.91. The summed E-state index contributed by atoms with van der Waals surface area (Å²) in [5, 5.41) is 0.727. The number of hydrogen-bond acceptors (Lipinski definition) is 4. The molecule has 2 aromatic rings. The molecule has 0 atom stereocenters. The summed E-state index contributed by atoms with van der Waals surface area (Å²) in [6.07, 6.45) is 0. The van der Waals surface area contributed by atoms with Gasteiger partial charge < -0.3 is 4.74 Å². The van der Waals surface area contributed by atoms with Crippen molar-refractivity contribution in [1.82, 2.24) is 4.98 Å². The van der Waals surface area contributed by atoms with Crippen LogP contribution < -0.4 is 0 Å². The molecule has 0 aliphatic rings. The van der Waals surface area contributed by atoms with E-state index in [-0.39, 0.29) is 0 Å². The molecule has 0 radical (unpaired) electrons. The fourth-order valence-electron chi connectivity index (χ4n) is 1.29. The van der Waals surface area contributed by atoms with Crippen molar-refractivity contribution in [3.8, 4) is 0 Å². The molecule has 0 saturated heterocycles. The van der Waals surface area contributed by atoms with Crippen LogP contribution in [0.15, 0.2) is 22.5 Å². The molecule has 0 N–H and O–H groups in total. The Bertz CT molecular complexity index is 489. The van der Waals surface area contributed by atoms with E-state index in [0.717, 1.165) is 20.6 Å². The molecule has 1 aromatic heterocycles. The fourth-order valence-corrected chi connectivity index (χ4v) is 3.53. The molecule has 2 nitrogen and oxygen atoms in total. The number of alkyl halides is 1. The Morgan fingerprint density at radius 1 is 1.35 bits per heavy atom. The molecular formula is C11H11Cl2NOS2. The Hall–Kier alpha value is -0.0000000000000000833. The van der Waals surface area contributed by atoms with E-state index in [9.17, 15) is 0 Å². The van der Waals surface area contributed by atoms with E-state index < -0.39 is 0 Å². The number of aromatic nitrogens is 1. The Labute approximate surface area is 118 Å². The van der Waals surface area contributed by atoms with Crippen LogP contribution in [0.1, 0.15) is 0 Å². The molecule has 6 heteroatoms. The van der Waals surface area contributed by atoms with Gasteiger partial charge in [0.25, 0.3) is 0 Å². The van der Waals surface area contributed by atoms with Crippen LogP contribution in [0.4, 0.5) is 0 Å². The number of thiazole rings is 1. The van der Waals surface area contributed by atoms with E-state index in [2.05, 4.69) is 4.98 Å². The van der Waals surface area contributed by atoms with Crippen molar-refractivity contribution in [3.05, 3.63) is 23.2 Å². The first kappa shape index (κ1) is 13.4. The molecule has 92 valence electrons. The summed E-state index contributed by atoms with van der Waals surface area (Å²) in [5.41, 5.74) is 0.965. The molecule has 17 heavy (non-hydrogen) atoms. The number of halogens is 2. The monoisotopic (exact) mass is 307 g/mol. The van der Waals surface area contributed by atoms with Crippen LogP contribution in [0, 0.1) is 0 Å². The predicted molar refractivity (Wildman–Crippen MR) is 76.9 cm³/mol. The largest absolute Gasteiger partial charge is 0.379 e. The van der Waals surface area contributed by atoms with Gasteiger partial charge in [0, 0.05) is 16.7 Å². The average Bonchev–Trinajstić information content (AvgIpc) is 2.70. The van der Waals surface area contributed by atoms with Crippen molar-refractivity contribution < 1.29 is 4.74 Å². The number of benzene rings is 1. The molecule has 0 spiro atoms. The quantitative estimate of drug-likeness (QED) is 0.451. The maximum atomic E-state index is 5.91. The van der Waals surface area contributed by atoms with Crippen molar-refractivity contribution in [2.45, 2.75) is 4.34 Å². The van der Waals surface area contributed by atoms with Gasteiger partial charge in [-0.2, -0.15) is 0 Å². The lowest BCUT2D eigenvalue weighted by Gasteiger charge is -1.98. The van der Waals surface area contributed by atoms with E-state index in [0.29, 0.717) is 19.1 Å². The van der Waals surface area contributed by atoms with Crippen LogP contribution in [0.5, 0.6) is 0 Å². The predicted octanol–water partition coefficient (Wildman–Crippen LogP) is 4.30. The van der Waals surface area contributed by atoms with Crippen LogP contribution in [0.3, 0.4) is 0 Å². The number of nitrogens with zero attached hydrogens (tertiary/aromatic N) is 1. The van der Waals surface area contributed by atoms with Gasteiger partial charge in [0.1, 0.15) is 0 Å². The zero-order valence-electron chi connectivity index (χ0n) is 8.99. The molecule has 0 aliphatic heterocycles. The van der Waals surface area contributed by atoms with Crippen molar-refractivity contribution in [2.24, 2.45) is 0 Å². The molecule has 0 bridgehead atoms. The molecule has 0 amide bonds. The summed E-state index contributed by atoms with van der Waals surface area (Å²) in [4.78, 5) is 4.51. The maximum absolute atomic E-state index is 5.91. The number of fused-ring (bicyclic) bond motifs is 1. The minimum atomic E-state index is 0.546. The molecule has 1 heterocycles. The van der Waals surface area contributed by atoms with E-state index in [4.69, 9.17) is 27.9 Å². The summed E-state index contributed by atoms with van der Waals surface area (Å²) in [7, 11) is 0. The maximum Gasteiger partial charge on any atom is 0.151 e. The van der Waals surface area contributed by atoms with Gasteiger partial charge in [-0.1, -0.05) is 23.4 Å². The smallest absolute Gasteiger partial charge is 0.151 e. The van der Waals surface area contributed by atoms with E-state index >= 15 is 0 Å². The average molecular weight is 308 g/mol. The van der Waals surface area contributed by atoms with Crippen LogP contribution in [-0.2, 0) is 4.74 Å². The number of hydrogen-bond donors (Lipinski definition) is 0.